The minimum Gasteiger partial charge on any atom is -0.439 e. The van der Waals surface area contributed by atoms with Gasteiger partial charge in [0.1, 0.15) is 17.6 Å². The third kappa shape index (κ3) is 2.67. The van der Waals surface area contributed by atoms with E-state index in [1.54, 1.807) is 24.3 Å². The summed E-state index contributed by atoms with van der Waals surface area (Å²) in [6.07, 6.45) is 1.02. The van der Waals surface area contributed by atoms with Gasteiger partial charge in [-0.05, 0) is 12.1 Å². The first kappa shape index (κ1) is 14.4. The number of oxazole rings is 1. The van der Waals surface area contributed by atoms with Crippen LogP contribution < -0.4 is 11.3 Å². The van der Waals surface area contributed by atoms with Crippen molar-refractivity contribution in [3.63, 3.8) is 0 Å². The number of nitrogens with two attached hydrogens (primary N) is 1. The average molecular weight is 314 g/mol. The standard InChI is InChI=1S/C14H10N4O5/c15-13(19)9-5-8(18(21)22)6-17(14(9)20)7-12-16-10-3-1-2-4-11(10)23-12/h1-6H,7H2,(H2,15,19). The lowest BCUT2D eigenvalue weighted by molar-refractivity contribution is -0.385. The van der Waals surface area contributed by atoms with E-state index in [9.17, 15) is 19.7 Å². The smallest absolute Gasteiger partial charge is 0.286 e. The highest BCUT2D eigenvalue weighted by atomic mass is 16.6. The van der Waals surface area contributed by atoms with Crippen LogP contribution in [-0.4, -0.2) is 20.4 Å². The topological polar surface area (TPSA) is 134 Å². The van der Waals surface area contributed by atoms with Crippen molar-refractivity contribution in [2.24, 2.45) is 5.73 Å². The maximum atomic E-state index is 12.2. The molecule has 0 aliphatic carbocycles. The summed E-state index contributed by atoms with van der Waals surface area (Å²) in [5.74, 6) is -0.853. The third-order valence-corrected chi connectivity index (χ3v) is 3.19. The number of carbonyl (C=O) groups excluding carboxylic acids is 1. The fraction of sp³-hybridized carbons (Fsp3) is 0.0714. The number of rotatable bonds is 4. The van der Waals surface area contributed by atoms with Crippen molar-refractivity contribution < 1.29 is 14.1 Å². The Bertz CT molecular complexity index is 955. The number of para-hydroxylation sites is 2. The van der Waals surface area contributed by atoms with Crippen molar-refractivity contribution in [1.82, 2.24) is 9.55 Å². The number of hydrogen-bond donors (Lipinski definition) is 1. The van der Waals surface area contributed by atoms with E-state index in [4.69, 9.17) is 10.2 Å². The molecule has 0 saturated heterocycles. The zero-order valence-electron chi connectivity index (χ0n) is 11.6. The monoisotopic (exact) mass is 314 g/mol. The van der Waals surface area contributed by atoms with Gasteiger partial charge in [-0.25, -0.2) is 4.98 Å². The molecule has 2 aromatic heterocycles. The van der Waals surface area contributed by atoms with Gasteiger partial charge in [-0.3, -0.25) is 24.3 Å². The fourth-order valence-corrected chi connectivity index (χ4v) is 2.15. The zero-order chi connectivity index (χ0) is 16.6. The summed E-state index contributed by atoms with van der Waals surface area (Å²) >= 11 is 0. The number of primary amides is 1. The Morgan fingerprint density at radius 1 is 1.39 bits per heavy atom. The van der Waals surface area contributed by atoms with Crippen LogP contribution in [0.3, 0.4) is 0 Å². The van der Waals surface area contributed by atoms with Crippen molar-refractivity contribution in [1.29, 1.82) is 0 Å². The highest BCUT2D eigenvalue weighted by molar-refractivity contribution is 5.92. The van der Waals surface area contributed by atoms with Gasteiger partial charge in [0, 0.05) is 6.07 Å². The molecule has 0 aliphatic rings. The van der Waals surface area contributed by atoms with Crippen LogP contribution in [0.15, 0.2) is 45.7 Å². The maximum absolute atomic E-state index is 12.2. The third-order valence-electron chi connectivity index (χ3n) is 3.19. The number of nitrogens with zero attached hydrogens (tertiary/aromatic N) is 3. The molecule has 2 N–H and O–H groups in total. The van der Waals surface area contributed by atoms with Crippen LogP contribution in [0.5, 0.6) is 0 Å². The number of aromatic nitrogens is 2. The summed E-state index contributed by atoms with van der Waals surface area (Å²) in [4.78, 5) is 37.9. The van der Waals surface area contributed by atoms with Crippen molar-refractivity contribution in [2.75, 3.05) is 0 Å². The van der Waals surface area contributed by atoms with E-state index >= 15 is 0 Å². The first-order valence-corrected chi connectivity index (χ1v) is 6.49. The molecule has 1 aromatic carbocycles. The Kier molecular flexibility index (Phi) is 3.37. The van der Waals surface area contributed by atoms with E-state index in [1.165, 1.54) is 0 Å². The van der Waals surface area contributed by atoms with Gasteiger partial charge in [0.15, 0.2) is 5.58 Å². The van der Waals surface area contributed by atoms with Gasteiger partial charge >= 0.3 is 0 Å². The van der Waals surface area contributed by atoms with Gasteiger partial charge in [0.05, 0.1) is 11.1 Å². The normalized spacial score (nSPS) is 10.8. The van der Waals surface area contributed by atoms with Crippen LogP contribution in [0.4, 0.5) is 5.69 Å². The number of benzene rings is 1. The quantitative estimate of drug-likeness (QED) is 0.565. The average Bonchev–Trinajstić information content (AvgIpc) is 2.91. The first-order valence-electron chi connectivity index (χ1n) is 6.49. The summed E-state index contributed by atoms with van der Waals surface area (Å²) in [6, 6.07) is 7.83. The summed E-state index contributed by atoms with van der Waals surface area (Å²) in [7, 11) is 0. The summed E-state index contributed by atoms with van der Waals surface area (Å²) < 4.78 is 6.45. The predicted octanol–water partition coefficient (Wildman–Crippen LogP) is 1.04. The molecule has 1 amide bonds. The molecule has 116 valence electrons. The van der Waals surface area contributed by atoms with Gasteiger partial charge in [0.2, 0.25) is 5.89 Å². The molecular weight excluding hydrogens is 304 g/mol. The minimum atomic E-state index is -1.04. The summed E-state index contributed by atoms with van der Waals surface area (Å²) in [5.41, 5.74) is 4.58. The molecule has 0 spiro atoms. The number of nitro groups is 1. The molecule has 23 heavy (non-hydrogen) atoms. The number of hydrogen-bond acceptors (Lipinski definition) is 6. The lowest BCUT2D eigenvalue weighted by Gasteiger charge is -2.04. The Balaban J connectivity index is 2.09. The zero-order valence-corrected chi connectivity index (χ0v) is 11.6. The minimum absolute atomic E-state index is 0.157. The van der Waals surface area contributed by atoms with E-state index in [-0.39, 0.29) is 12.4 Å². The molecule has 0 bridgehead atoms. The van der Waals surface area contributed by atoms with E-state index in [1.807, 2.05) is 0 Å². The molecule has 0 atom stereocenters. The van der Waals surface area contributed by atoms with E-state index in [2.05, 4.69) is 4.98 Å². The first-order chi connectivity index (χ1) is 11.0. The lowest BCUT2D eigenvalue weighted by atomic mass is 10.2. The van der Waals surface area contributed by atoms with Gasteiger partial charge in [0.25, 0.3) is 17.2 Å². The van der Waals surface area contributed by atoms with E-state index in [0.29, 0.717) is 11.1 Å². The second kappa shape index (κ2) is 5.37. The van der Waals surface area contributed by atoms with Gasteiger partial charge in [-0.1, -0.05) is 12.1 Å². The number of carbonyl (C=O) groups is 1. The SMILES string of the molecule is NC(=O)c1cc([N+](=O)[O-])cn(Cc2nc3ccccc3o2)c1=O. The van der Waals surface area contributed by atoms with Crippen LogP contribution in [0.2, 0.25) is 0 Å². The van der Waals surface area contributed by atoms with Crippen molar-refractivity contribution in [3.8, 4) is 0 Å². The van der Waals surface area contributed by atoms with Gasteiger partial charge in [-0.2, -0.15) is 0 Å². The van der Waals surface area contributed by atoms with Crippen molar-refractivity contribution in [2.45, 2.75) is 6.54 Å². The molecule has 2 heterocycles. The highest BCUT2D eigenvalue weighted by Crippen LogP contribution is 2.16. The largest absolute Gasteiger partial charge is 0.439 e. The molecule has 0 aliphatic heterocycles. The van der Waals surface area contributed by atoms with Crippen LogP contribution in [0, 0.1) is 10.1 Å². The second-order valence-corrected chi connectivity index (χ2v) is 4.74. The molecule has 3 rings (SSSR count). The molecule has 3 aromatic rings. The van der Waals surface area contributed by atoms with Crippen molar-refractivity contribution in [3.05, 3.63) is 68.5 Å². The molecule has 0 radical (unpaired) electrons. The molecular formula is C14H10N4O5. The highest BCUT2D eigenvalue weighted by Gasteiger charge is 2.18. The second-order valence-electron chi connectivity index (χ2n) is 4.74. The molecule has 0 saturated carbocycles. The molecule has 9 nitrogen and oxygen atoms in total. The number of pyridine rings is 1. The Morgan fingerprint density at radius 2 is 2.13 bits per heavy atom. The lowest BCUT2D eigenvalue weighted by Crippen LogP contribution is -2.30. The van der Waals surface area contributed by atoms with Crippen LogP contribution in [0.25, 0.3) is 11.1 Å². The van der Waals surface area contributed by atoms with Gasteiger partial charge < -0.3 is 10.2 Å². The maximum Gasteiger partial charge on any atom is 0.286 e. The van der Waals surface area contributed by atoms with Crippen molar-refractivity contribution >= 4 is 22.7 Å². The molecule has 9 heteroatoms. The summed E-state index contributed by atoms with van der Waals surface area (Å²) in [5, 5.41) is 10.9. The number of amides is 1. The fourth-order valence-electron chi connectivity index (χ4n) is 2.15. The van der Waals surface area contributed by atoms with E-state index < -0.39 is 27.6 Å². The Morgan fingerprint density at radius 3 is 2.78 bits per heavy atom. The van der Waals surface area contributed by atoms with Crippen LogP contribution >= 0.6 is 0 Å². The molecule has 0 fully saturated rings. The van der Waals surface area contributed by atoms with Crippen LogP contribution in [0.1, 0.15) is 16.2 Å². The summed E-state index contributed by atoms with van der Waals surface area (Å²) in [6.45, 7) is -0.157. The Hall–Kier alpha value is -3.49. The number of fused-ring (bicyclic) bond motifs is 1. The van der Waals surface area contributed by atoms with Gasteiger partial charge in [-0.15, -0.1) is 0 Å². The predicted molar refractivity (Wildman–Crippen MR) is 79.0 cm³/mol. The van der Waals surface area contributed by atoms with E-state index in [0.717, 1.165) is 16.8 Å². The Labute approximate surface area is 128 Å². The van der Waals surface area contributed by atoms with Crippen LogP contribution in [-0.2, 0) is 6.54 Å². The molecule has 0 unspecified atom stereocenters.